The Bertz CT molecular complexity index is 238. The largest absolute Gasteiger partial charge is 0.395 e. The smallest absolute Gasteiger partial charge is 0.0897 e. The van der Waals surface area contributed by atoms with Crippen molar-refractivity contribution >= 4 is 0 Å². The number of aliphatic hydroxyl groups is 2. The first kappa shape index (κ1) is 25.8. The van der Waals surface area contributed by atoms with Crippen molar-refractivity contribution in [2.24, 2.45) is 5.92 Å². The van der Waals surface area contributed by atoms with Crippen LogP contribution < -0.4 is 5.32 Å². The predicted molar refractivity (Wildman–Crippen MR) is 112 cm³/mol. The second-order valence-electron chi connectivity index (χ2n) is 7.87. The van der Waals surface area contributed by atoms with Crippen LogP contribution in [0, 0.1) is 5.92 Å². The summed E-state index contributed by atoms with van der Waals surface area (Å²) in [5, 5.41) is 21.2. The molecule has 4 heteroatoms. The first-order valence-electron chi connectivity index (χ1n) is 11.3. The van der Waals surface area contributed by atoms with Crippen LogP contribution in [0.25, 0.3) is 0 Å². The summed E-state index contributed by atoms with van der Waals surface area (Å²) in [5.41, 5.74) is 0. The van der Waals surface area contributed by atoms with Crippen molar-refractivity contribution in [3.63, 3.8) is 0 Å². The van der Waals surface area contributed by atoms with Crippen molar-refractivity contribution in [1.82, 2.24) is 5.32 Å². The van der Waals surface area contributed by atoms with E-state index in [2.05, 4.69) is 19.2 Å². The van der Waals surface area contributed by atoms with E-state index in [9.17, 15) is 5.11 Å². The molecule has 0 rings (SSSR count). The Labute approximate surface area is 163 Å². The van der Waals surface area contributed by atoms with E-state index >= 15 is 0 Å². The molecule has 0 aliphatic rings. The summed E-state index contributed by atoms with van der Waals surface area (Å²) < 4.78 is 5.49. The SMILES string of the molecule is CCCCCC(C)CCCCCCCCCCOCC(O)CNCCO. The molecule has 158 valence electrons. The fourth-order valence-electron chi connectivity index (χ4n) is 3.27. The van der Waals surface area contributed by atoms with Crippen LogP contribution in [-0.4, -0.2) is 49.2 Å². The van der Waals surface area contributed by atoms with Gasteiger partial charge < -0.3 is 20.3 Å². The highest BCUT2D eigenvalue weighted by Gasteiger charge is 2.03. The minimum Gasteiger partial charge on any atom is -0.395 e. The lowest BCUT2D eigenvalue weighted by atomic mass is 9.96. The maximum atomic E-state index is 9.64. The summed E-state index contributed by atoms with van der Waals surface area (Å²) in [7, 11) is 0. The average Bonchev–Trinajstić information content (AvgIpc) is 2.63. The summed E-state index contributed by atoms with van der Waals surface area (Å²) in [4.78, 5) is 0. The van der Waals surface area contributed by atoms with Gasteiger partial charge in [-0.2, -0.15) is 0 Å². The van der Waals surface area contributed by atoms with Gasteiger partial charge in [0.15, 0.2) is 0 Å². The third-order valence-electron chi connectivity index (χ3n) is 5.01. The lowest BCUT2D eigenvalue weighted by molar-refractivity contribution is 0.0350. The molecule has 0 spiro atoms. The third-order valence-corrected chi connectivity index (χ3v) is 5.01. The Morgan fingerprint density at radius 2 is 1.42 bits per heavy atom. The number of nitrogens with one attached hydrogen (secondary N) is 1. The van der Waals surface area contributed by atoms with Gasteiger partial charge in [0.05, 0.1) is 19.3 Å². The van der Waals surface area contributed by atoms with Gasteiger partial charge in [-0.1, -0.05) is 90.9 Å². The summed E-state index contributed by atoms with van der Waals surface area (Å²) in [5.74, 6) is 0.922. The highest BCUT2D eigenvalue weighted by molar-refractivity contribution is 4.58. The van der Waals surface area contributed by atoms with Crippen molar-refractivity contribution in [3.05, 3.63) is 0 Å². The molecule has 0 aromatic carbocycles. The van der Waals surface area contributed by atoms with E-state index in [1.54, 1.807) is 0 Å². The van der Waals surface area contributed by atoms with Gasteiger partial charge in [-0.3, -0.25) is 0 Å². The van der Waals surface area contributed by atoms with Gasteiger partial charge in [0, 0.05) is 19.7 Å². The Balaban J connectivity index is 3.15. The van der Waals surface area contributed by atoms with Crippen LogP contribution in [-0.2, 0) is 4.74 Å². The Morgan fingerprint density at radius 1 is 0.846 bits per heavy atom. The fraction of sp³-hybridized carbons (Fsp3) is 1.00. The van der Waals surface area contributed by atoms with E-state index in [0.29, 0.717) is 19.7 Å². The van der Waals surface area contributed by atoms with Crippen LogP contribution in [0.2, 0.25) is 0 Å². The average molecular weight is 374 g/mol. The van der Waals surface area contributed by atoms with Crippen LogP contribution in [0.15, 0.2) is 0 Å². The monoisotopic (exact) mass is 373 g/mol. The summed E-state index contributed by atoms with van der Waals surface area (Å²) >= 11 is 0. The van der Waals surface area contributed by atoms with Crippen LogP contribution >= 0.6 is 0 Å². The van der Waals surface area contributed by atoms with Gasteiger partial charge >= 0.3 is 0 Å². The molecule has 4 nitrogen and oxygen atoms in total. The number of hydrogen-bond donors (Lipinski definition) is 3. The molecule has 26 heavy (non-hydrogen) atoms. The maximum Gasteiger partial charge on any atom is 0.0897 e. The van der Waals surface area contributed by atoms with Gasteiger partial charge in [0.1, 0.15) is 0 Å². The second-order valence-corrected chi connectivity index (χ2v) is 7.87. The first-order valence-corrected chi connectivity index (χ1v) is 11.3. The van der Waals surface area contributed by atoms with Crippen LogP contribution in [0.5, 0.6) is 0 Å². The number of ether oxygens (including phenoxy) is 1. The van der Waals surface area contributed by atoms with Crippen LogP contribution in [0.4, 0.5) is 0 Å². The molecule has 0 heterocycles. The summed E-state index contributed by atoms with van der Waals surface area (Å²) in [6, 6.07) is 0. The van der Waals surface area contributed by atoms with E-state index in [1.807, 2.05) is 0 Å². The molecule has 0 aliphatic heterocycles. The molecule has 3 N–H and O–H groups in total. The van der Waals surface area contributed by atoms with E-state index in [-0.39, 0.29) is 6.61 Å². The van der Waals surface area contributed by atoms with E-state index < -0.39 is 6.10 Å². The van der Waals surface area contributed by atoms with Crippen molar-refractivity contribution in [3.8, 4) is 0 Å². The Morgan fingerprint density at radius 3 is 2.04 bits per heavy atom. The molecule has 0 fully saturated rings. The van der Waals surface area contributed by atoms with E-state index in [0.717, 1.165) is 18.9 Å². The first-order chi connectivity index (χ1) is 12.7. The highest BCUT2D eigenvalue weighted by atomic mass is 16.5. The molecule has 0 amide bonds. The summed E-state index contributed by atoms with van der Waals surface area (Å²) in [6.45, 7) is 6.94. The van der Waals surface area contributed by atoms with Crippen molar-refractivity contribution in [1.29, 1.82) is 0 Å². The standard InChI is InChI=1S/C22H47NO3/c1-3-4-11-14-21(2)15-12-9-7-5-6-8-10-13-18-26-20-22(25)19-23-16-17-24/h21-25H,3-20H2,1-2H3. The summed E-state index contributed by atoms with van der Waals surface area (Å²) in [6.07, 6.45) is 17.1. The normalized spacial score (nSPS) is 13.8. The minimum atomic E-state index is -0.476. The zero-order valence-corrected chi connectivity index (χ0v) is 17.7. The van der Waals surface area contributed by atoms with Crippen molar-refractivity contribution in [2.75, 3.05) is 32.9 Å². The van der Waals surface area contributed by atoms with Gasteiger partial charge in [0.2, 0.25) is 0 Å². The molecular formula is C22H47NO3. The molecule has 0 bridgehead atoms. The lowest BCUT2D eigenvalue weighted by Gasteiger charge is -2.11. The van der Waals surface area contributed by atoms with Gasteiger partial charge in [-0.05, 0) is 12.3 Å². The van der Waals surface area contributed by atoms with Crippen LogP contribution in [0.1, 0.15) is 97.3 Å². The molecule has 0 saturated carbocycles. The minimum absolute atomic E-state index is 0.103. The van der Waals surface area contributed by atoms with Crippen LogP contribution in [0.3, 0.4) is 0 Å². The van der Waals surface area contributed by atoms with Gasteiger partial charge in [0.25, 0.3) is 0 Å². The second kappa shape index (κ2) is 21.1. The molecule has 0 aliphatic carbocycles. The third kappa shape index (κ3) is 20.2. The molecule has 0 aromatic heterocycles. The van der Waals surface area contributed by atoms with Gasteiger partial charge in [-0.15, -0.1) is 0 Å². The maximum absolute atomic E-state index is 9.64. The Kier molecular flexibility index (Phi) is 21.0. The highest BCUT2D eigenvalue weighted by Crippen LogP contribution is 2.17. The molecule has 0 aromatic rings. The molecule has 2 unspecified atom stereocenters. The lowest BCUT2D eigenvalue weighted by Crippen LogP contribution is -2.32. The number of aliphatic hydroxyl groups excluding tert-OH is 2. The Hall–Kier alpha value is -0.160. The molecular weight excluding hydrogens is 326 g/mol. The quantitative estimate of drug-likeness (QED) is 0.256. The number of unbranched alkanes of at least 4 members (excludes halogenated alkanes) is 9. The van der Waals surface area contributed by atoms with E-state index in [4.69, 9.17) is 9.84 Å². The van der Waals surface area contributed by atoms with Gasteiger partial charge in [-0.25, -0.2) is 0 Å². The predicted octanol–water partition coefficient (Wildman–Crippen LogP) is 4.67. The van der Waals surface area contributed by atoms with Crippen molar-refractivity contribution in [2.45, 2.75) is 103 Å². The zero-order chi connectivity index (χ0) is 19.3. The topological polar surface area (TPSA) is 61.7 Å². The fourth-order valence-corrected chi connectivity index (χ4v) is 3.27. The number of rotatable bonds is 21. The zero-order valence-electron chi connectivity index (χ0n) is 17.7. The number of hydrogen-bond acceptors (Lipinski definition) is 4. The molecule has 2 atom stereocenters. The van der Waals surface area contributed by atoms with Crippen molar-refractivity contribution < 1.29 is 14.9 Å². The van der Waals surface area contributed by atoms with E-state index in [1.165, 1.54) is 77.0 Å². The molecule has 0 saturated heterocycles. The molecule has 0 radical (unpaired) electrons.